The fourth-order valence-corrected chi connectivity index (χ4v) is 2.16. The van der Waals surface area contributed by atoms with Crippen LogP contribution in [0.1, 0.15) is 18.4 Å². The molecule has 0 spiro atoms. The highest BCUT2D eigenvalue weighted by Gasteiger charge is 2.15. The monoisotopic (exact) mass is 322 g/mol. The van der Waals surface area contributed by atoms with Crippen LogP contribution in [0, 0.1) is 0 Å². The number of nitrogens with zero attached hydrogens (tertiary/aromatic N) is 2. The Labute approximate surface area is 134 Å². The summed E-state index contributed by atoms with van der Waals surface area (Å²) in [4.78, 5) is 25.5. The van der Waals surface area contributed by atoms with Gasteiger partial charge in [-0.1, -0.05) is 23.7 Å². The number of amides is 2. The number of carbonyl (C=O) groups excluding carboxylic acids is 2. The molecule has 1 aliphatic rings. The van der Waals surface area contributed by atoms with Gasteiger partial charge in [0, 0.05) is 43.2 Å². The van der Waals surface area contributed by atoms with Crippen LogP contribution < -0.4 is 10.7 Å². The van der Waals surface area contributed by atoms with Crippen LogP contribution in [0.5, 0.6) is 0 Å². The minimum Gasteiger partial charge on any atom is -0.344 e. The zero-order chi connectivity index (χ0) is 15.9. The molecule has 0 radical (unpaired) electrons. The molecule has 0 unspecified atom stereocenters. The van der Waals surface area contributed by atoms with Gasteiger partial charge < -0.3 is 10.2 Å². The van der Waals surface area contributed by atoms with E-state index in [-0.39, 0.29) is 6.54 Å². The van der Waals surface area contributed by atoms with E-state index in [0.717, 1.165) is 37.2 Å². The molecule has 7 heteroatoms. The van der Waals surface area contributed by atoms with Gasteiger partial charge >= 0.3 is 11.8 Å². The van der Waals surface area contributed by atoms with Crippen LogP contribution in [-0.4, -0.2) is 42.6 Å². The highest BCUT2D eigenvalue weighted by Crippen LogP contribution is 2.09. The first-order chi connectivity index (χ1) is 10.5. The molecule has 118 valence electrons. The lowest BCUT2D eigenvalue weighted by molar-refractivity contribution is -0.139. The molecule has 0 aromatic heterocycles. The Morgan fingerprint density at radius 1 is 1.18 bits per heavy atom. The van der Waals surface area contributed by atoms with Crippen LogP contribution in [0.25, 0.3) is 0 Å². The lowest BCUT2D eigenvalue weighted by Gasteiger charge is -2.22. The van der Waals surface area contributed by atoms with E-state index in [9.17, 15) is 9.59 Å². The summed E-state index contributed by atoms with van der Waals surface area (Å²) in [5, 5.41) is 7.19. The molecule has 1 heterocycles. The molecule has 6 nitrogen and oxygen atoms in total. The van der Waals surface area contributed by atoms with Crippen molar-refractivity contribution >= 4 is 29.1 Å². The van der Waals surface area contributed by atoms with E-state index in [4.69, 9.17) is 11.6 Å². The molecule has 0 atom stereocenters. The predicted octanol–water partition coefficient (Wildman–Crippen LogP) is 1.15. The van der Waals surface area contributed by atoms with Gasteiger partial charge in [-0.2, -0.15) is 5.10 Å². The molecule has 0 aliphatic carbocycles. The smallest absolute Gasteiger partial charge is 0.329 e. The van der Waals surface area contributed by atoms with Crippen molar-refractivity contribution in [2.45, 2.75) is 19.4 Å². The van der Waals surface area contributed by atoms with Crippen molar-refractivity contribution in [3.8, 4) is 0 Å². The van der Waals surface area contributed by atoms with Gasteiger partial charge in [0.1, 0.15) is 0 Å². The molecule has 2 N–H and O–H groups in total. The van der Waals surface area contributed by atoms with Crippen molar-refractivity contribution < 1.29 is 9.59 Å². The van der Waals surface area contributed by atoms with E-state index < -0.39 is 11.8 Å². The zero-order valence-electron chi connectivity index (χ0n) is 12.4. The summed E-state index contributed by atoms with van der Waals surface area (Å²) < 4.78 is 0. The van der Waals surface area contributed by atoms with E-state index in [1.165, 1.54) is 0 Å². The molecule has 2 rings (SSSR count). The maximum Gasteiger partial charge on any atom is 0.329 e. The van der Waals surface area contributed by atoms with Gasteiger partial charge in [0.05, 0.1) is 0 Å². The average molecular weight is 323 g/mol. The molecule has 1 aliphatic heterocycles. The first kappa shape index (κ1) is 16.5. The normalized spacial score (nSPS) is 15.3. The molecule has 1 aromatic carbocycles. The van der Waals surface area contributed by atoms with Crippen LogP contribution >= 0.6 is 11.6 Å². The number of piperidine rings is 1. The summed E-state index contributed by atoms with van der Waals surface area (Å²) in [5.74, 6) is -1.45. The molecule has 0 saturated carbocycles. The Morgan fingerprint density at radius 3 is 2.45 bits per heavy atom. The summed E-state index contributed by atoms with van der Waals surface area (Å²) in [7, 11) is 2.04. The standard InChI is InChI=1S/C15H19ClN4O2/c1-20-8-6-13(7-9-20)18-19-15(22)14(21)17-10-11-2-4-12(16)5-3-11/h2-5H,6-10H2,1H3,(H,17,21)(H,19,22). The summed E-state index contributed by atoms with van der Waals surface area (Å²) >= 11 is 5.78. The predicted molar refractivity (Wildman–Crippen MR) is 85.6 cm³/mol. The van der Waals surface area contributed by atoms with E-state index in [2.05, 4.69) is 20.7 Å². The first-order valence-electron chi connectivity index (χ1n) is 7.11. The molecule has 2 amide bonds. The third kappa shape index (κ3) is 5.13. The Bertz CT molecular complexity index is 561. The molecular weight excluding hydrogens is 304 g/mol. The van der Waals surface area contributed by atoms with E-state index in [1.54, 1.807) is 24.3 Å². The third-order valence-corrected chi connectivity index (χ3v) is 3.70. The van der Waals surface area contributed by atoms with Gasteiger partial charge in [0.2, 0.25) is 0 Å². The minimum absolute atomic E-state index is 0.269. The Morgan fingerprint density at radius 2 is 1.82 bits per heavy atom. The molecule has 1 saturated heterocycles. The SMILES string of the molecule is CN1CCC(=NNC(=O)C(=O)NCc2ccc(Cl)cc2)CC1. The van der Waals surface area contributed by atoms with Crippen LogP contribution in [0.3, 0.4) is 0 Å². The zero-order valence-corrected chi connectivity index (χ0v) is 13.2. The van der Waals surface area contributed by atoms with Crippen LogP contribution in [0.4, 0.5) is 0 Å². The van der Waals surface area contributed by atoms with Crippen molar-refractivity contribution in [3.05, 3.63) is 34.9 Å². The second-order valence-electron chi connectivity index (χ2n) is 5.23. The van der Waals surface area contributed by atoms with Crippen molar-refractivity contribution in [2.75, 3.05) is 20.1 Å². The molecule has 1 fully saturated rings. The Balaban J connectivity index is 1.76. The highest BCUT2D eigenvalue weighted by molar-refractivity contribution is 6.35. The van der Waals surface area contributed by atoms with Gasteiger partial charge in [-0.25, -0.2) is 5.43 Å². The van der Waals surface area contributed by atoms with Crippen LogP contribution in [-0.2, 0) is 16.1 Å². The summed E-state index contributed by atoms with van der Waals surface area (Å²) in [6, 6.07) is 7.04. The van der Waals surface area contributed by atoms with Crippen molar-refractivity contribution in [1.82, 2.24) is 15.6 Å². The summed E-state index contributed by atoms with van der Waals surface area (Å²) in [5.41, 5.74) is 4.09. The third-order valence-electron chi connectivity index (χ3n) is 3.45. The number of hydrazone groups is 1. The number of rotatable bonds is 3. The number of halogens is 1. The largest absolute Gasteiger partial charge is 0.344 e. The summed E-state index contributed by atoms with van der Waals surface area (Å²) in [6.07, 6.45) is 1.62. The number of benzene rings is 1. The van der Waals surface area contributed by atoms with Gasteiger partial charge in [0.15, 0.2) is 0 Å². The quantitative estimate of drug-likeness (QED) is 0.647. The highest BCUT2D eigenvalue weighted by atomic mass is 35.5. The minimum atomic E-state index is -0.750. The maximum absolute atomic E-state index is 11.7. The lowest BCUT2D eigenvalue weighted by Crippen LogP contribution is -2.38. The average Bonchev–Trinajstić information content (AvgIpc) is 2.53. The number of nitrogens with one attached hydrogen (secondary N) is 2. The van der Waals surface area contributed by atoms with Crippen molar-refractivity contribution in [1.29, 1.82) is 0 Å². The van der Waals surface area contributed by atoms with E-state index in [1.807, 2.05) is 7.05 Å². The van der Waals surface area contributed by atoms with Crippen LogP contribution in [0.2, 0.25) is 5.02 Å². The van der Waals surface area contributed by atoms with Gasteiger partial charge in [-0.3, -0.25) is 9.59 Å². The Kier molecular flexibility index (Phi) is 5.91. The molecular formula is C15H19ClN4O2. The summed E-state index contributed by atoms with van der Waals surface area (Å²) in [6.45, 7) is 2.10. The van der Waals surface area contributed by atoms with Crippen molar-refractivity contribution in [2.24, 2.45) is 5.10 Å². The molecule has 22 heavy (non-hydrogen) atoms. The number of carbonyl (C=O) groups is 2. The van der Waals surface area contributed by atoms with Gasteiger partial charge in [-0.15, -0.1) is 0 Å². The van der Waals surface area contributed by atoms with E-state index in [0.29, 0.717) is 5.02 Å². The van der Waals surface area contributed by atoms with Crippen molar-refractivity contribution in [3.63, 3.8) is 0 Å². The topological polar surface area (TPSA) is 73.8 Å². The van der Waals surface area contributed by atoms with Gasteiger partial charge in [0.25, 0.3) is 0 Å². The lowest BCUT2D eigenvalue weighted by atomic mass is 10.1. The first-order valence-corrected chi connectivity index (χ1v) is 7.49. The maximum atomic E-state index is 11.7. The fraction of sp³-hybridized carbons (Fsp3) is 0.400. The number of hydrogen-bond donors (Lipinski definition) is 2. The second-order valence-corrected chi connectivity index (χ2v) is 5.67. The fourth-order valence-electron chi connectivity index (χ4n) is 2.03. The van der Waals surface area contributed by atoms with E-state index >= 15 is 0 Å². The molecule has 0 bridgehead atoms. The molecule has 1 aromatic rings. The van der Waals surface area contributed by atoms with Gasteiger partial charge in [-0.05, 0) is 24.7 Å². The second kappa shape index (κ2) is 7.91. The number of likely N-dealkylation sites (tertiary alicyclic amines) is 1. The Hall–Kier alpha value is -1.92. The number of hydrogen-bond acceptors (Lipinski definition) is 4. The van der Waals surface area contributed by atoms with Crippen LogP contribution in [0.15, 0.2) is 29.4 Å².